The summed E-state index contributed by atoms with van der Waals surface area (Å²) in [6.07, 6.45) is -2.99. The molecular formula is C15H22F3NO2. The lowest BCUT2D eigenvalue weighted by molar-refractivity contribution is -0.274. The van der Waals surface area contributed by atoms with Gasteiger partial charge in [-0.1, -0.05) is 26.0 Å². The summed E-state index contributed by atoms with van der Waals surface area (Å²) in [5.41, 5.74) is 0.940. The zero-order valence-corrected chi connectivity index (χ0v) is 12.4. The zero-order valence-electron chi connectivity index (χ0n) is 12.4. The molecule has 0 radical (unpaired) electrons. The predicted octanol–water partition coefficient (Wildman–Crippen LogP) is 3.53. The van der Waals surface area contributed by atoms with Gasteiger partial charge in [0, 0.05) is 12.6 Å². The monoisotopic (exact) mass is 305 g/mol. The van der Waals surface area contributed by atoms with Gasteiger partial charge in [0.15, 0.2) is 0 Å². The number of rotatable bonds is 9. The Morgan fingerprint density at radius 3 is 2.33 bits per heavy atom. The molecule has 1 rings (SSSR count). The molecule has 120 valence electrons. The Morgan fingerprint density at radius 2 is 1.81 bits per heavy atom. The maximum absolute atomic E-state index is 12.1. The van der Waals surface area contributed by atoms with Crippen LogP contribution in [0.2, 0.25) is 0 Å². The average Bonchev–Trinajstić information content (AvgIpc) is 2.40. The fraction of sp³-hybridized carbons (Fsp3) is 0.600. The smallest absolute Gasteiger partial charge is 0.406 e. The summed E-state index contributed by atoms with van der Waals surface area (Å²) in [5.74, 6) is -0.200. The quantitative estimate of drug-likeness (QED) is 0.708. The van der Waals surface area contributed by atoms with E-state index in [2.05, 4.69) is 10.1 Å². The van der Waals surface area contributed by atoms with E-state index in [0.29, 0.717) is 19.6 Å². The van der Waals surface area contributed by atoms with Crippen molar-refractivity contribution in [2.45, 2.75) is 39.1 Å². The van der Waals surface area contributed by atoms with Gasteiger partial charge in [0.25, 0.3) is 0 Å². The molecule has 0 amide bonds. The summed E-state index contributed by atoms with van der Waals surface area (Å²) in [6.45, 7) is 6.16. The van der Waals surface area contributed by atoms with Crippen LogP contribution in [0.3, 0.4) is 0 Å². The standard InChI is InChI=1S/C15H22F3NO2/c1-3-9-20-11-13(19-4-2)10-12-5-7-14(8-6-12)21-15(16,17)18/h5-8,13,19H,3-4,9-11H2,1-2H3. The van der Waals surface area contributed by atoms with Crippen molar-refractivity contribution in [3.05, 3.63) is 29.8 Å². The van der Waals surface area contributed by atoms with Crippen LogP contribution in [0.5, 0.6) is 5.75 Å². The third kappa shape index (κ3) is 7.92. The summed E-state index contributed by atoms with van der Waals surface area (Å²) in [7, 11) is 0. The van der Waals surface area contributed by atoms with E-state index >= 15 is 0 Å². The van der Waals surface area contributed by atoms with Crippen molar-refractivity contribution >= 4 is 0 Å². The minimum atomic E-state index is -4.65. The highest BCUT2D eigenvalue weighted by atomic mass is 19.4. The molecule has 0 bridgehead atoms. The van der Waals surface area contributed by atoms with Crippen LogP contribution < -0.4 is 10.1 Å². The van der Waals surface area contributed by atoms with Crippen LogP contribution >= 0.6 is 0 Å². The molecule has 0 saturated carbocycles. The molecule has 0 fully saturated rings. The van der Waals surface area contributed by atoms with Crippen LogP contribution in [0.15, 0.2) is 24.3 Å². The third-order valence-corrected chi connectivity index (χ3v) is 2.80. The molecule has 0 saturated heterocycles. The number of hydrogen-bond acceptors (Lipinski definition) is 3. The first-order valence-electron chi connectivity index (χ1n) is 7.10. The topological polar surface area (TPSA) is 30.5 Å². The number of halogens is 3. The second kappa shape index (κ2) is 8.89. The van der Waals surface area contributed by atoms with Gasteiger partial charge in [-0.15, -0.1) is 13.2 Å². The van der Waals surface area contributed by atoms with Gasteiger partial charge < -0.3 is 14.8 Å². The van der Waals surface area contributed by atoms with Gasteiger partial charge >= 0.3 is 6.36 Å². The Morgan fingerprint density at radius 1 is 1.14 bits per heavy atom. The van der Waals surface area contributed by atoms with Crippen LogP contribution in [0.1, 0.15) is 25.8 Å². The van der Waals surface area contributed by atoms with Crippen LogP contribution in [0.4, 0.5) is 13.2 Å². The van der Waals surface area contributed by atoms with Crippen molar-refractivity contribution in [2.24, 2.45) is 0 Å². The van der Waals surface area contributed by atoms with E-state index in [4.69, 9.17) is 4.74 Å². The SMILES string of the molecule is CCCOCC(Cc1ccc(OC(F)(F)F)cc1)NCC. The first-order valence-corrected chi connectivity index (χ1v) is 7.10. The van der Waals surface area contributed by atoms with E-state index in [1.165, 1.54) is 12.1 Å². The van der Waals surface area contributed by atoms with Gasteiger partial charge in [-0.2, -0.15) is 0 Å². The van der Waals surface area contributed by atoms with Gasteiger partial charge in [-0.25, -0.2) is 0 Å². The first kappa shape index (κ1) is 17.8. The van der Waals surface area contributed by atoms with Gasteiger partial charge in [0.1, 0.15) is 5.75 Å². The van der Waals surface area contributed by atoms with Crippen molar-refractivity contribution in [3.8, 4) is 5.75 Å². The molecule has 21 heavy (non-hydrogen) atoms. The Kier molecular flexibility index (Phi) is 7.53. The molecule has 1 atom stereocenters. The molecule has 0 aliphatic carbocycles. The summed E-state index contributed by atoms with van der Waals surface area (Å²) in [6, 6.07) is 6.10. The van der Waals surface area contributed by atoms with E-state index in [0.717, 1.165) is 18.5 Å². The number of hydrogen-bond donors (Lipinski definition) is 1. The lowest BCUT2D eigenvalue weighted by atomic mass is 10.1. The van der Waals surface area contributed by atoms with Gasteiger partial charge in [-0.05, 0) is 37.1 Å². The van der Waals surface area contributed by atoms with Crippen LogP contribution in [0.25, 0.3) is 0 Å². The van der Waals surface area contributed by atoms with E-state index in [-0.39, 0.29) is 11.8 Å². The molecular weight excluding hydrogens is 283 g/mol. The molecule has 1 N–H and O–H groups in total. The molecule has 0 heterocycles. The largest absolute Gasteiger partial charge is 0.573 e. The second-order valence-electron chi connectivity index (χ2n) is 4.73. The maximum atomic E-state index is 12.1. The number of ether oxygens (including phenoxy) is 2. The summed E-state index contributed by atoms with van der Waals surface area (Å²) < 4.78 is 45.6. The Labute approximate surface area is 123 Å². The minimum Gasteiger partial charge on any atom is -0.406 e. The van der Waals surface area contributed by atoms with Crippen LogP contribution in [-0.4, -0.2) is 32.2 Å². The summed E-state index contributed by atoms with van der Waals surface area (Å²) >= 11 is 0. The third-order valence-electron chi connectivity index (χ3n) is 2.80. The Bertz CT molecular complexity index is 393. The fourth-order valence-electron chi connectivity index (χ4n) is 1.96. The molecule has 6 heteroatoms. The van der Waals surface area contributed by atoms with E-state index in [1.807, 2.05) is 13.8 Å². The maximum Gasteiger partial charge on any atom is 0.573 e. The lowest BCUT2D eigenvalue weighted by Gasteiger charge is -2.18. The highest BCUT2D eigenvalue weighted by Crippen LogP contribution is 2.23. The highest BCUT2D eigenvalue weighted by Gasteiger charge is 2.30. The average molecular weight is 305 g/mol. The van der Waals surface area contributed by atoms with Crippen molar-refractivity contribution in [1.82, 2.24) is 5.32 Å². The molecule has 0 aliphatic rings. The summed E-state index contributed by atoms with van der Waals surface area (Å²) in [5, 5.41) is 3.31. The summed E-state index contributed by atoms with van der Waals surface area (Å²) in [4.78, 5) is 0. The molecule has 1 aromatic rings. The van der Waals surface area contributed by atoms with Crippen molar-refractivity contribution in [3.63, 3.8) is 0 Å². The highest BCUT2D eigenvalue weighted by molar-refractivity contribution is 5.28. The number of benzene rings is 1. The zero-order chi connectivity index (χ0) is 15.7. The van der Waals surface area contributed by atoms with Gasteiger partial charge in [0.2, 0.25) is 0 Å². The number of alkyl halides is 3. The first-order chi connectivity index (χ1) is 9.94. The second-order valence-corrected chi connectivity index (χ2v) is 4.73. The normalized spacial score (nSPS) is 13.2. The molecule has 0 aliphatic heterocycles. The molecule has 1 unspecified atom stereocenters. The molecule has 1 aromatic carbocycles. The fourth-order valence-corrected chi connectivity index (χ4v) is 1.96. The van der Waals surface area contributed by atoms with Gasteiger partial charge in [-0.3, -0.25) is 0 Å². The molecule has 0 spiro atoms. The van der Waals surface area contributed by atoms with Crippen molar-refractivity contribution < 1.29 is 22.6 Å². The van der Waals surface area contributed by atoms with Crippen LogP contribution in [-0.2, 0) is 11.2 Å². The minimum absolute atomic E-state index is 0.149. The molecule has 3 nitrogen and oxygen atoms in total. The van der Waals surface area contributed by atoms with E-state index < -0.39 is 6.36 Å². The molecule has 0 aromatic heterocycles. The van der Waals surface area contributed by atoms with Gasteiger partial charge in [0.05, 0.1) is 6.61 Å². The van der Waals surface area contributed by atoms with Crippen molar-refractivity contribution in [1.29, 1.82) is 0 Å². The Balaban J connectivity index is 2.54. The van der Waals surface area contributed by atoms with Crippen molar-refractivity contribution in [2.75, 3.05) is 19.8 Å². The van der Waals surface area contributed by atoms with E-state index in [9.17, 15) is 13.2 Å². The lowest BCUT2D eigenvalue weighted by Crippen LogP contribution is -2.35. The van der Waals surface area contributed by atoms with E-state index in [1.54, 1.807) is 12.1 Å². The van der Waals surface area contributed by atoms with Crippen LogP contribution in [0, 0.1) is 0 Å². The number of nitrogens with one attached hydrogen (secondary N) is 1. The number of likely N-dealkylation sites (N-methyl/N-ethyl adjacent to an activating group) is 1. The Hall–Kier alpha value is -1.27. The predicted molar refractivity (Wildman–Crippen MR) is 75.4 cm³/mol.